The first kappa shape index (κ1) is 9.58. The normalized spacial score (nSPS) is 32.3. The topological polar surface area (TPSA) is 80.5 Å². The summed E-state index contributed by atoms with van der Waals surface area (Å²) in [6, 6.07) is 0. The second-order valence-corrected chi connectivity index (χ2v) is 4.56. The Kier molecular flexibility index (Phi) is 2.50. The summed E-state index contributed by atoms with van der Waals surface area (Å²) in [6.45, 7) is 3.01. The summed E-state index contributed by atoms with van der Waals surface area (Å²) in [6.07, 6.45) is 4.52. The van der Waals surface area contributed by atoms with Gasteiger partial charge >= 0.3 is 0 Å². The van der Waals surface area contributed by atoms with Gasteiger partial charge in [0.15, 0.2) is 5.82 Å². The third-order valence-electron chi connectivity index (χ3n) is 3.30. The number of nitrogens with two attached hydrogens (primary N) is 1. The molecule has 0 spiro atoms. The average Bonchev–Trinajstić information content (AvgIpc) is 2.77. The van der Waals surface area contributed by atoms with Crippen molar-refractivity contribution in [2.24, 2.45) is 17.1 Å². The highest BCUT2D eigenvalue weighted by atomic mass is 15.5. The van der Waals surface area contributed by atoms with Crippen LogP contribution in [0.2, 0.25) is 0 Å². The van der Waals surface area contributed by atoms with Crippen molar-refractivity contribution in [1.82, 2.24) is 20.6 Å². The monoisotopic (exact) mass is 195 g/mol. The molecule has 0 saturated heterocycles. The first-order chi connectivity index (χ1) is 6.74. The van der Waals surface area contributed by atoms with E-state index >= 15 is 0 Å². The van der Waals surface area contributed by atoms with E-state index in [1.54, 1.807) is 0 Å². The Bertz CT molecular complexity index is 283. The van der Waals surface area contributed by atoms with E-state index in [2.05, 4.69) is 27.5 Å². The van der Waals surface area contributed by atoms with Gasteiger partial charge in [-0.3, -0.25) is 0 Å². The lowest BCUT2D eigenvalue weighted by molar-refractivity contribution is 0.289. The van der Waals surface area contributed by atoms with E-state index in [4.69, 9.17) is 5.73 Å². The summed E-state index contributed by atoms with van der Waals surface area (Å²) in [5, 5.41) is 14.0. The first-order valence-electron chi connectivity index (χ1n) is 5.16. The molecule has 0 amide bonds. The fraction of sp³-hybridized carbons (Fsp3) is 0.889. The van der Waals surface area contributed by atoms with Crippen LogP contribution in [-0.2, 0) is 6.42 Å². The van der Waals surface area contributed by atoms with Gasteiger partial charge in [-0.15, -0.1) is 10.2 Å². The van der Waals surface area contributed by atoms with E-state index in [1.807, 2.05) is 0 Å². The molecule has 0 aromatic carbocycles. The Hall–Kier alpha value is -0.970. The SMILES string of the molecule is C[C@H]1CC[C@](CN)(Cc2nn[nH]n2)C1. The molecule has 0 bridgehead atoms. The minimum absolute atomic E-state index is 0.225. The van der Waals surface area contributed by atoms with Crippen LogP contribution in [0.5, 0.6) is 0 Å². The molecule has 78 valence electrons. The maximum atomic E-state index is 5.86. The van der Waals surface area contributed by atoms with E-state index in [-0.39, 0.29) is 5.41 Å². The molecule has 1 saturated carbocycles. The van der Waals surface area contributed by atoms with Gasteiger partial charge in [-0.1, -0.05) is 18.6 Å². The van der Waals surface area contributed by atoms with Crippen LogP contribution in [0.1, 0.15) is 32.0 Å². The van der Waals surface area contributed by atoms with E-state index < -0.39 is 0 Å². The van der Waals surface area contributed by atoms with Crippen LogP contribution >= 0.6 is 0 Å². The molecule has 1 heterocycles. The second kappa shape index (κ2) is 3.65. The highest BCUT2D eigenvalue weighted by Crippen LogP contribution is 2.42. The third-order valence-corrected chi connectivity index (χ3v) is 3.30. The van der Waals surface area contributed by atoms with Gasteiger partial charge in [-0.2, -0.15) is 5.21 Å². The fourth-order valence-corrected chi connectivity index (χ4v) is 2.51. The maximum Gasteiger partial charge on any atom is 0.175 e. The van der Waals surface area contributed by atoms with Gasteiger partial charge in [0.25, 0.3) is 0 Å². The van der Waals surface area contributed by atoms with Crippen molar-refractivity contribution < 1.29 is 0 Å². The van der Waals surface area contributed by atoms with Crippen molar-refractivity contribution in [3.63, 3.8) is 0 Å². The molecule has 1 aliphatic rings. The van der Waals surface area contributed by atoms with E-state index in [0.717, 1.165) is 24.7 Å². The molecule has 2 atom stereocenters. The second-order valence-electron chi connectivity index (χ2n) is 4.56. The van der Waals surface area contributed by atoms with Crippen LogP contribution in [0.3, 0.4) is 0 Å². The minimum atomic E-state index is 0.225. The molecule has 14 heavy (non-hydrogen) atoms. The molecule has 5 heteroatoms. The molecule has 5 nitrogen and oxygen atoms in total. The Labute approximate surface area is 83.5 Å². The number of hydrogen-bond acceptors (Lipinski definition) is 4. The Morgan fingerprint density at radius 3 is 3.00 bits per heavy atom. The van der Waals surface area contributed by atoms with Gasteiger partial charge in [-0.25, -0.2) is 0 Å². The minimum Gasteiger partial charge on any atom is -0.330 e. The Morgan fingerprint density at radius 2 is 2.50 bits per heavy atom. The van der Waals surface area contributed by atoms with Crippen LogP contribution in [0.15, 0.2) is 0 Å². The first-order valence-corrected chi connectivity index (χ1v) is 5.16. The molecule has 1 fully saturated rings. The standard InChI is InChI=1S/C9H17N5/c1-7-2-3-9(4-7,6-10)5-8-11-13-14-12-8/h7H,2-6,10H2,1H3,(H,11,12,13,14)/t7-,9+/m0/s1. The predicted molar refractivity (Wildman–Crippen MR) is 52.4 cm³/mol. The number of nitrogens with one attached hydrogen (secondary N) is 1. The molecule has 0 unspecified atom stereocenters. The lowest BCUT2D eigenvalue weighted by Crippen LogP contribution is -2.30. The Balaban J connectivity index is 2.06. The van der Waals surface area contributed by atoms with Crippen LogP contribution < -0.4 is 5.73 Å². The van der Waals surface area contributed by atoms with Gasteiger partial charge in [0.2, 0.25) is 0 Å². The predicted octanol–water partition coefficient (Wildman–Crippen LogP) is 0.507. The summed E-state index contributed by atoms with van der Waals surface area (Å²) >= 11 is 0. The molecule has 1 aromatic heterocycles. The highest BCUT2D eigenvalue weighted by Gasteiger charge is 2.37. The smallest absolute Gasteiger partial charge is 0.175 e. The lowest BCUT2D eigenvalue weighted by Gasteiger charge is -2.25. The number of tetrazole rings is 1. The Morgan fingerprint density at radius 1 is 1.64 bits per heavy atom. The molecule has 1 aromatic rings. The van der Waals surface area contributed by atoms with Crippen LogP contribution in [0.25, 0.3) is 0 Å². The molecular formula is C9H17N5. The summed E-state index contributed by atoms with van der Waals surface area (Å²) < 4.78 is 0. The number of hydrogen-bond donors (Lipinski definition) is 2. The van der Waals surface area contributed by atoms with Gasteiger partial charge in [0, 0.05) is 6.42 Å². The van der Waals surface area contributed by atoms with Gasteiger partial charge < -0.3 is 5.73 Å². The zero-order valence-electron chi connectivity index (χ0n) is 8.53. The third kappa shape index (κ3) is 1.77. The molecule has 2 rings (SSSR count). The highest BCUT2D eigenvalue weighted by molar-refractivity contribution is 4.95. The average molecular weight is 195 g/mol. The van der Waals surface area contributed by atoms with Crippen molar-refractivity contribution in [2.45, 2.75) is 32.6 Å². The van der Waals surface area contributed by atoms with E-state index in [1.165, 1.54) is 19.3 Å². The van der Waals surface area contributed by atoms with Crippen LogP contribution in [0.4, 0.5) is 0 Å². The maximum absolute atomic E-state index is 5.86. The number of H-pyrrole nitrogens is 1. The summed E-state index contributed by atoms with van der Waals surface area (Å²) in [5.41, 5.74) is 6.09. The van der Waals surface area contributed by atoms with Gasteiger partial charge in [-0.05, 0) is 30.7 Å². The summed E-state index contributed by atoms with van der Waals surface area (Å²) in [7, 11) is 0. The van der Waals surface area contributed by atoms with Crippen molar-refractivity contribution >= 4 is 0 Å². The summed E-state index contributed by atoms with van der Waals surface area (Å²) in [5.74, 6) is 1.58. The van der Waals surface area contributed by atoms with Crippen molar-refractivity contribution in [3.8, 4) is 0 Å². The lowest BCUT2D eigenvalue weighted by atomic mass is 9.82. The molecule has 1 aliphatic carbocycles. The number of aromatic nitrogens is 4. The quantitative estimate of drug-likeness (QED) is 0.736. The van der Waals surface area contributed by atoms with Crippen molar-refractivity contribution in [3.05, 3.63) is 5.82 Å². The number of rotatable bonds is 3. The zero-order valence-corrected chi connectivity index (χ0v) is 8.53. The summed E-state index contributed by atoms with van der Waals surface area (Å²) in [4.78, 5) is 0. The van der Waals surface area contributed by atoms with Gasteiger partial charge in [0.05, 0.1) is 0 Å². The van der Waals surface area contributed by atoms with Crippen molar-refractivity contribution in [2.75, 3.05) is 6.54 Å². The van der Waals surface area contributed by atoms with E-state index in [9.17, 15) is 0 Å². The van der Waals surface area contributed by atoms with Crippen molar-refractivity contribution in [1.29, 1.82) is 0 Å². The van der Waals surface area contributed by atoms with Gasteiger partial charge in [0.1, 0.15) is 0 Å². The van der Waals surface area contributed by atoms with E-state index in [0.29, 0.717) is 0 Å². The number of nitrogens with zero attached hydrogens (tertiary/aromatic N) is 3. The molecule has 3 N–H and O–H groups in total. The fourth-order valence-electron chi connectivity index (χ4n) is 2.51. The molecular weight excluding hydrogens is 178 g/mol. The van der Waals surface area contributed by atoms with Crippen LogP contribution in [-0.4, -0.2) is 27.2 Å². The van der Waals surface area contributed by atoms with Crippen LogP contribution in [0, 0.1) is 11.3 Å². The number of aromatic amines is 1. The molecule has 0 radical (unpaired) electrons. The molecule has 0 aliphatic heterocycles. The zero-order chi connectivity index (χ0) is 10.0. The largest absolute Gasteiger partial charge is 0.330 e.